The first-order valence-electron chi connectivity index (χ1n) is 11.1. The van der Waals surface area contributed by atoms with Gasteiger partial charge in [0.05, 0.1) is 17.3 Å². The van der Waals surface area contributed by atoms with Crippen molar-refractivity contribution >= 4 is 23.5 Å². The van der Waals surface area contributed by atoms with E-state index in [4.69, 9.17) is 5.10 Å². The molecule has 1 unspecified atom stereocenters. The fraction of sp³-hybridized carbons (Fsp3) is 0.375. The number of anilines is 1. The molecule has 0 bridgehead atoms. The highest BCUT2D eigenvalue weighted by molar-refractivity contribution is 5.91. The maximum absolute atomic E-state index is 13.6. The summed E-state index contributed by atoms with van der Waals surface area (Å²) in [5.74, 6) is 1.34. The zero-order valence-electron chi connectivity index (χ0n) is 18.1. The standard InChI is InChI=1S/C24H29FN6/c1-3-5-15-27-24-28-16-13-19(29-24)22-20-7-6-8-21(26-14-4-2)31(20)30-23(22)17-9-11-18(25)12-10-17/h6-12,16,19,26H,3-5,13-15H2,1-2H3,(H,27,29). The van der Waals surface area contributed by atoms with Crippen LogP contribution < -0.4 is 10.6 Å². The van der Waals surface area contributed by atoms with Crippen molar-refractivity contribution in [3.05, 3.63) is 53.8 Å². The van der Waals surface area contributed by atoms with Gasteiger partial charge in [0.1, 0.15) is 11.6 Å². The minimum Gasteiger partial charge on any atom is -0.370 e. The Morgan fingerprint density at radius 1 is 1.16 bits per heavy atom. The van der Waals surface area contributed by atoms with Crippen LogP contribution in [0, 0.1) is 5.82 Å². The summed E-state index contributed by atoms with van der Waals surface area (Å²) in [5.41, 5.74) is 3.81. The predicted octanol–water partition coefficient (Wildman–Crippen LogP) is 5.22. The van der Waals surface area contributed by atoms with Crippen LogP contribution in [-0.4, -0.2) is 34.9 Å². The summed E-state index contributed by atoms with van der Waals surface area (Å²) in [7, 11) is 0. The normalized spacial score (nSPS) is 17.3. The summed E-state index contributed by atoms with van der Waals surface area (Å²) in [6.45, 7) is 5.91. The average Bonchev–Trinajstić information content (AvgIpc) is 3.19. The molecule has 0 spiro atoms. The number of benzene rings is 1. The van der Waals surface area contributed by atoms with Crippen LogP contribution in [0.4, 0.5) is 10.2 Å². The molecule has 7 heteroatoms. The highest BCUT2D eigenvalue weighted by atomic mass is 19.1. The van der Waals surface area contributed by atoms with Crippen LogP contribution in [0.3, 0.4) is 0 Å². The number of unbranched alkanes of at least 4 members (excludes halogenated alkanes) is 1. The fourth-order valence-corrected chi connectivity index (χ4v) is 3.76. The summed E-state index contributed by atoms with van der Waals surface area (Å²) in [6.07, 6.45) is 5.81. The van der Waals surface area contributed by atoms with Crippen LogP contribution in [0.15, 0.2) is 52.4 Å². The van der Waals surface area contributed by atoms with Gasteiger partial charge in [0.25, 0.3) is 0 Å². The van der Waals surface area contributed by atoms with Gasteiger partial charge in [-0.3, -0.25) is 4.99 Å². The van der Waals surface area contributed by atoms with Gasteiger partial charge >= 0.3 is 0 Å². The lowest BCUT2D eigenvalue weighted by molar-refractivity contribution is 0.628. The van der Waals surface area contributed by atoms with Crippen molar-refractivity contribution in [3.8, 4) is 11.3 Å². The van der Waals surface area contributed by atoms with Gasteiger partial charge in [0.15, 0.2) is 0 Å². The lowest BCUT2D eigenvalue weighted by Crippen LogP contribution is -2.31. The number of nitrogens with zero attached hydrogens (tertiary/aromatic N) is 4. The molecular formula is C24H29FN6. The van der Waals surface area contributed by atoms with E-state index in [1.807, 2.05) is 22.9 Å². The van der Waals surface area contributed by atoms with E-state index < -0.39 is 0 Å². The van der Waals surface area contributed by atoms with Crippen molar-refractivity contribution in [2.75, 3.05) is 18.4 Å². The van der Waals surface area contributed by atoms with Gasteiger partial charge in [-0.2, -0.15) is 5.10 Å². The lowest BCUT2D eigenvalue weighted by Gasteiger charge is -2.22. The zero-order chi connectivity index (χ0) is 21.6. The van der Waals surface area contributed by atoms with E-state index in [0.29, 0.717) is 5.96 Å². The highest BCUT2D eigenvalue weighted by Gasteiger charge is 2.26. The number of fused-ring (bicyclic) bond motifs is 1. The van der Waals surface area contributed by atoms with E-state index in [0.717, 1.165) is 66.9 Å². The molecule has 4 rings (SSSR count). The molecule has 0 saturated heterocycles. The van der Waals surface area contributed by atoms with E-state index in [9.17, 15) is 4.39 Å². The Hall–Kier alpha value is -3.22. The van der Waals surface area contributed by atoms with Crippen LogP contribution >= 0.6 is 0 Å². The van der Waals surface area contributed by atoms with Crippen LogP contribution in [-0.2, 0) is 0 Å². The third kappa shape index (κ3) is 4.60. The van der Waals surface area contributed by atoms with Gasteiger partial charge in [0.2, 0.25) is 5.96 Å². The quantitative estimate of drug-likeness (QED) is 0.491. The third-order valence-electron chi connectivity index (χ3n) is 5.35. The van der Waals surface area contributed by atoms with Gasteiger partial charge < -0.3 is 10.6 Å². The van der Waals surface area contributed by atoms with E-state index in [-0.39, 0.29) is 11.9 Å². The van der Waals surface area contributed by atoms with Crippen LogP contribution in [0.25, 0.3) is 16.8 Å². The predicted molar refractivity (Wildman–Crippen MR) is 126 cm³/mol. The van der Waals surface area contributed by atoms with E-state index >= 15 is 0 Å². The van der Waals surface area contributed by atoms with Crippen molar-refractivity contribution < 1.29 is 4.39 Å². The first-order chi connectivity index (χ1) is 15.2. The summed E-state index contributed by atoms with van der Waals surface area (Å²) in [6, 6.07) is 12.7. The molecule has 1 aromatic carbocycles. The summed E-state index contributed by atoms with van der Waals surface area (Å²) in [5, 5.41) is 11.9. The molecule has 0 saturated carbocycles. The molecule has 162 valence electrons. The Balaban J connectivity index is 1.80. The number of halogens is 1. The maximum atomic E-state index is 13.6. The number of aliphatic imine (C=N–C) groups is 2. The van der Waals surface area contributed by atoms with Crippen LogP contribution in [0.5, 0.6) is 0 Å². The van der Waals surface area contributed by atoms with E-state index in [2.05, 4.69) is 40.5 Å². The maximum Gasteiger partial charge on any atom is 0.218 e. The SMILES string of the molecule is CCCCN=C1N=CCC(c2c(-c3ccc(F)cc3)nn3c(NCCC)cccc23)N1. The molecule has 6 nitrogen and oxygen atoms in total. The second kappa shape index (κ2) is 9.73. The highest BCUT2D eigenvalue weighted by Crippen LogP contribution is 2.34. The van der Waals surface area contributed by atoms with Gasteiger partial charge in [0, 0.05) is 36.9 Å². The van der Waals surface area contributed by atoms with Crippen molar-refractivity contribution in [1.82, 2.24) is 14.9 Å². The Bertz CT molecular complexity index is 1080. The first-order valence-corrected chi connectivity index (χ1v) is 11.1. The van der Waals surface area contributed by atoms with Crippen LogP contribution in [0.2, 0.25) is 0 Å². The van der Waals surface area contributed by atoms with Crippen molar-refractivity contribution in [3.63, 3.8) is 0 Å². The molecule has 1 aliphatic heterocycles. The molecule has 1 atom stereocenters. The Kier molecular flexibility index (Phi) is 6.60. The molecule has 31 heavy (non-hydrogen) atoms. The smallest absolute Gasteiger partial charge is 0.218 e. The van der Waals surface area contributed by atoms with Gasteiger partial charge in [-0.25, -0.2) is 13.9 Å². The molecule has 3 heterocycles. The molecule has 1 aliphatic rings. The zero-order valence-corrected chi connectivity index (χ0v) is 18.1. The van der Waals surface area contributed by atoms with Gasteiger partial charge in [-0.1, -0.05) is 26.3 Å². The Labute approximate surface area is 182 Å². The molecule has 3 aromatic rings. The number of nitrogens with one attached hydrogen (secondary N) is 2. The Morgan fingerprint density at radius 2 is 2.00 bits per heavy atom. The average molecular weight is 421 g/mol. The van der Waals surface area contributed by atoms with Gasteiger partial charge in [-0.05, 0) is 49.2 Å². The summed E-state index contributed by atoms with van der Waals surface area (Å²) < 4.78 is 15.5. The van der Waals surface area contributed by atoms with E-state index in [1.165, 1.54) is 12.1 Å². The second-order valence-corrected chi connectivity index (χ2v) is 7.71. The largest absolute Gasteiger partial charge is 0.370 e. The number of rotatable bonds is 8. The minimum atomic E-state index is -0.257. The van der Waals surface area contributed by atoms with Crippen LogP contribution in [0.1, 0.15) is 51.1 Å². The van der Waals surface area contributed by atoms with Gasteiger partial charge in [-0.15, -0.1) is 0 Å². The van der Waals surface area contributed by atoms with Crippen molar-refractivity contribution in [2.45, 2.75) is 45.6 Å². The molecule has 2 N–H and O–H groups in total. The molecule has 2 aromatic heterocycles. The molecular weight excluding hydrogens is 391 g/mol. The summed E-state index contributed by atoms with van der Waals surface area (Å²) in [4.78, 5) is 9.04. The number of hydrogen-bond donors (Lipinski definition) is 2. The molecule has 0 fully saturated rings. The first kappa shape index (κ1) is 21.0. The number of hydrogen-bond acceptors (Lipinski definition) is 3. The number of aromatic nitrogens is 2. The second-order valence-electron chi connectivity index (χ2n) is 7.71. The summed E-state index contributed by atoms with van der Waals surface area (Å²) >= 11 is 0. The monoisotopic (exact) mass is 420 g/mol. The fourth-order valence-electron chi connectivity index (χ4n) is 3.76. The number of guanidine groups is 1. The number of pyridine rings is 1. The lowest BCUT2D eigenvalue weighted by atomic mass is 9.97. The van der Waals surface area contributed by atoms with E-state index in [1.54, 1.807) is 12.1 Å². The molecule has 0 amide bonds. The third-order valence-corrected chi connectivity index (χ3v) is 5.35. The Morgan fingerprint density at radius 3 is 2.77 bits per heavy atom. The molecule has 0 radical (unpaired) electrons. The van der Waals surface area contributed by atoms with Crippen molar-refractivity contribution in [2.24, 2.45) is 9.98 Å². The van der Waals surface area contributed by atoms with Crippen molar-refractivity contribution in [1.29, 1.82) is 0 Å². The topological polar surface area (TPSA) is 66.1 Å². The minimum absolute atomic E-state index is 0.0168. The molecule has 0 aliphatic carbocycles.